The van der Waals surface area contributed by atoms with Gasteiger partial charge >= 0.3 is 0 Å². The largest absolute Gasteiger partial charge is 0.307 e. The van der Waals surface area contributed by atoms with E-state index in [2.05, 4.69) is 59.4 Å². The molecule has 0 spiro atoms. The molecule has 0 amide bonds. The predicted octanol–water partition coefficient (Wildman–Crippen LogP) is 5.07. The van der Waals surface area contributed by atoms with Crippen LogP contribution in [0.3, 0.4) is 0 Å². The van der Waals surface area contributed by atoms with Crippen molar-refractivity contribution >= 4 is 15.9 Å². The first-order chi connectivity index (χ1) is 8.72. The van der Waals surface area contributed by atoms with Crippen molar-refractivity contribution < 1.29 is 0 Å². The number of hydrogen-bond acceptors (Lipinski definition) is 1. The van der Waals surface area contributed by atoms with Gasteiger partial charge in [-0.15, -0.1) is 0 Å². The standard InChI is InChI=1S/C16H24BrN/c1-3-13-8-4-7-11-16(13)18-12(2)14-9-5-6-10-15(14)17/h5-6,9-10,12-13,16,18H,3-4,7-8,11H2,1-2H3/t12-,13?,16?/m1/s1. The van der Waals surface area contributed by atoms with Crippen LogP contribution in [0.5, 0.6) is 0 Å². The first kappa shape index (κ1) is 14.1. The Hall–Kier alpha value is -0.340. The van der Waals surface area contributed by atoms with Crippen LogP contribution in [0.15, 0.2) is 28.7 Å². The van der Waals surface area contributed by atoms with Gasteiger partial charge in [-0.3, -0.25) is 0 Å². The van der Waals surface area contributed by atoms with Gasteiger partial charge < -0.3 is 5.32 Å². The molecule has 18 heavy (non-hydrogen) atoms. The van der Waals surface area contributed by atoms with E-state index in [9.17, 15) is 0 Å². The third-order valence-corrected chi connectivity index (χ3v) is 4.99. The minimum absolute atomic E-state index is 0.428. The van der Waals surface area contributed by atoms with Crippen molar-refractivity contribution in [3.63, 3.8) is 0 Å². The van der Waals surface area contributed by atoms with E-state index < -0.39 is 0 Å². The van der Waals surface area contributed by atoms with Gasteiger partial charge in [0.05, 0.1) is 0 Å². The van der Waals surface area contributed by atoms with E-state index >= 15 is 0 Å². The summed E-state index contributed by atoms with van der Waals surface area (Å²) in [5.74, 6) is 0.865. The lowest BCUT2D eigenvalue weighted by Crippen LogP contribution is -2.39. The van der Waals surface area contributed by atoms with E-state index in [4.69, 9.17) is 0 Å². The molecule has 2 heteroatoms. The van der Waals surface area contributed by atoms with Crippen molar-refractivity contribution in [1.82, 2.24) is 5.32 Å². The van der Waals surface area contributed by atoms with Gasteiger partial charge in [0.25, 0.3) is 0 Å². The SMILES string of the molecule is CCC1CCCCC1N[C@H](C)c1ccccc1Br. The van der Waals surface area contributed by atoms with Crippen molar-refractivity contribution in [3.8, 4) is 0 Å². The molecule has 1 saturated carbocycles. The highest BCUT2D eigenvalue weighted by molar-refractivity contribution is 9.10. The van der Waals surface area contributed by atoms with E-state index in [1.54, 1.807) is 0 Å². The Bertz CT molecular complexity index is 377. The fraction of sp³-hybridized carbons (Fsp3) is 0.625. The van der Waals surface area contributed by atoms with Crippen LogP contribution in [-0.2, 0) is 0 Å². The first-order valence-corrected chi connectivity index (χ1v) is 8.02. The normalized spacial score (nSPS) is 25.9. The zero-order valence-electron chi connectivity index (χ0n) is 11.5. The van der Waals surface area contributed by atoms with Crippen molar-refractivity contribution in [3.05, 3.63) is 34.3 Å². The third kappa shape index (κ3) is 3.36. The van der Waals surface area contributed by atoms with Crippen LogP contribution >= 0.6 is 15.9 Å². The quantitative estimate of drug-likeness (QED) is 0.819. The molecule has 1 nitrogen and oxygen atoms in total. The predicted molar refractivity (Wildman–Crippen MR) is 81.7 cm³/mol. The number of halogens is 1. The molecule has 0 saturated heterocycles. The molecular weight excluding hydrogens is 286 g/mol. The van der Waals surface area contributed by atoms with Gasteiger partial charge in [-0.25, -0.2) is 0 Å². The molecular formula is C16H24BrN. The Kier molecular flexibility index (Phi) is 5.25. The van der Waals surface area contributed by atoms with Gasteiger partial charge in [-0.2, -0.15) is 0 Å². The van der Waals surface area contributed by atoms with Gasteiger partial charge in [0.2, 0.25) is 0 Å². The number of hydrogen-bond donors (Lipinski definition) is 1. The fourth-order valence-corrected chi connectivity index (χ4v) is 3.78. The van der Waals surface area contributed by atoms with Crippen LogP contribution in [0.1, 0.15) is 57.6 Å². The molecule has 1 aliphatic carbocycles. The second-order valence-electron chi connectivity index (χ2n) is 5.47. The fourth-order valence-electron chi connectivity index (χ4n) is 3.15. The molecule has 1 aromatic rings. The Labute approximate surface area is 119 Å². The van der Waals surface area contributed by atoms with Gasteiger partial charge in [0.15, 0.2) is 0 Å². The second-order valence-corrected chi connectivity index (χ2v) is 6.32. The topological polar surface area (TPSA) is 12.0 Å². The van der Waals surface area contributed by atoms with Gasteiger partial charge in [0.1, 0.15) is 0 Å². The van der Waals surface area contributed by atoms with Crippen LogP contribution in [0.2, 0.25) is 0 Å². The molecule has 1 N–H and O–H groups in total. The molecule has 0 aliphatic heterocycles. The van der Waals surface area contributed by atoms with Crippen LogP contribution in [0.4, 0.5) is 0 Å². The summed E-state index contributed by atoms with van der Waals surface area (Å²) in [6, 6.07) is 9.67. The molecule has 0 aromatic heterocycles. The summed E-state index contributed by atoms with van der Waals surface area (Å²) in [4.78, 5) is 0. The van der Waals surface area contributed by atoms with E-state index in [0.29, 0.717) is 12.1 Å². The maximum Gasteiger partial charge on any atom is 0.0305 e. The summed E-state index contributed by atoms with van der Waals surface area (Å²) in [5, 5.41) is 3.85. The summed E-state index contributed by atoms with van der Waals surface area (Å²) >= 11 is 3.65. The highest BCUT2D eigenvalue weighted by atomic mass is 79.9. The summed E-state index contributed by atoms with van der Waals surface area (Å²) in [5.41, 5.74) is 1.37. The molecule has 0 radical (unpaired) electrons. The summed E-state index contributed by atoms with van der Waals surface area (Å²) in [7, 11) is 0. The zero-order valence-corrected chi connectivity index (χ0v) is 13.0. The minimum atomic E-state index is 0.428. The average molecular weight is 310 g/mol. The van der Waals surface area contributed by atoms with Crippen LogP contribution in [0, 0.1) is 5.92 Å². The molecule has 100 valence electrons. The molecule has 3 atom stereocenters. The highest BCUT2D eigenvalue weighted by Crippen LogP contribution is 2.30. The molecule has 0 heterocycles. The van der Waals surface area contributed by atoms with Crippen molar-refractivity contribution in [2.45, 2.75) is 58.0 Å². The Morgan fingerprint density at radius 3 is 2.72 bits per heavy atom. The third-order valence-electron chi connectivity index (χ3n) is 4.27. The van der Waals surface area contributed by atoms with E-state index in [-0.39, 0.29) is 0 Å². The van der Waals surface area contributed by atoms with Crippen LogP contribution < -0.4 is 5.32 Å². The maximum atomic E-state index is 3.85. The highest BCUT2D eigenvalue weighted by Gasteiger charge is 2.25. The lowest BCUT2D eigenvalue weighted by Gasteiger charge is -2.34. The summed E-state index contributed by atoms with van der Waals surface area (Å²) in [6.07, 6.45) is 6.85. The van der Waals surface area contributed by atoms with Crippen molar-refractivity contribution in [1.29, 1.82) is 0 Å². The number of rotatable bonds is 4. The van der Waals surface area contributed by atoms with Crippen molar-refractivity contribution in [2.75, 3.05) is 0 Å². The molecule has 1 aromatic carbocycles. The molecule has 1 fully saturated rings. The van der Waals surface area contributed by atoms with Crippen LogP contribution in [-0.4, -0.2) is 6.04 Å². The van der Waals surface area contributed by atoms with E-state index in [0.717, 1.165) is 5.92 Å². The Balaban J connectivity index is 2.02. The van der Waals surface area contributed by atoms with E-state index in [1.807, 2.05) is 0 Å². The van der Waals surface area contributed by atoms with Gasteiger partial charge in [-0.1, -0.05) is 60.3 Å². The minimum Gasteiger partial charge on any atom is -0.307 e. The molecule has 1 aliphatic rings. The lowest BCUT2D eigenvalue weighted by atomic mass is 9.82. The summed E-state index contributed by atoms with van der Waals surface area (Å²) < 4.78 is 1.22. The Morgan fingerprint density at radius 1 is 1.28 bits per heavy atom. The Morgan fingerprint density at radius 2 is 2.00 bits per heavy atom. The molecule has 2 unspecified atom stereocenters. The van der Waals surface area contributed by atoms with Crippen LogP contribution in [0.25, 0.3) is 0 Å². The van der Waals surface area contributed by atoms with Crippen molar-refractivity contribution in [2.24, 2.45) is 5.92 Å². The molecule has 2 rings (SSSR count). The maximum absolute atomic E-state index is 3.85. The van der Waals surface area contributed by atoms with E-state index in [1.165, 1.54) is 42.1 Å². The number of nitrogens with one attached hydrogen (secondary N) is 1. The van der Waals surface area contributed by atoms with Gasteiger partial charge in [0, 0.05) is 16.6 Å². The zero-order chi connectivity index (χ0) is 13.0. The summed E-state index contributed by atoms with van der Waals surface area (Å²) in [6.45, 7) is 4.61. The lowest BCUT2D eigenvalue weighted by molar-refractivity contribution is 0.240. The first-order valence-electron chi connectivity index (χ1n) is 7.22. The molecule has 0 bridgehead atoms. The smallest absolute Gasteiger partial charge is 0.0305 e. The number of benzene rings is 1. The monoisotopic (exact) mass is 309 g/mol. The second kappa shape index (κ2) is 6.72. The van der Waals surface area contributed by atoms with Gasteiger partial charge in [-0.05, 0) is 37.3 Å². The average Bonchev–Trinajstić information content (AvgIpc) is 2.39.